The van der Waals surface area contributed by atoms with E-state index in [-0.39, 0.29) is 5.82 Å². The van der Waals surface area contributed by atoms with Crippen molar-refractivity contribution in [2.24, 2.45) is 0 Å². The monoisotopic (exact) mass is 362 g/mol. The van der Waals surface area contributed by atoms with Crippen LogP contribution in [0, 0.1) is 0 Å². The first-order chi connectivity index (χ1) is 9.90. The number of imidazole rings is 1. The van der Waals surface area contributed by atoms with Gasteiger partial charge in [0.1, 0.15) is 11.6 Å². The van der Waals surface area contributed by atoms with Crippen molar-refractivity contribution in [3.63, 3.8) is 0 Å². The van der Waals surface area contributed by atoms with Gasteiger partial charge in [-0.2, -0.15) is 13.2 Å². The van der Waals surface area contributed by atoms with E-state index in [4.69, 9.17) is 4.74 Å². The van der Waals surface area contributed by atoms with Crippen molar-refractivity contribution in [2.45, 2.75) is 25.0 Å². The van der Waals surface area contributed by atoms with Crippen molar-refractivity contribution in [3.05, 3.63) is 35.7 Å². The van der Waals surface area contributed by atoms with E-state index in [0.717, 1.165) is 11.8 Å². The first-order valence-corrected chi connectivity index (χ1v) is 7.40. The van der Waals surface area contributed by atoms with Crippen LogP contribution < -0.4 is 4.74 Å². The summed E-state index contributed by atoms with van der Waals surface area (Å²) in [5, 5.41) is 0.639. The molecule has 21 heavy (non-hydrogen) atoms. The Morgan fingerprint density at radius 3 is 2.57 bits per heavy atom. The lowest BCUT2D eigenvalue weighted by atomic mass is 10.1. The molecule has 1 heterocycles. The van der Waals surface area contributed by atoms with Crippen LogP contribution in [0.1, 0.15) is 18.2 Å². The number of alkyl halides is 4. The molecular weight excluding hydrogens is 349 g/mol. The summed E-state index contributed by atoms with van der Waals surface area (Å²) in [5.41, 5.74) is 0.617. The maximum atomic E-state index is 12.8. The lowest BCUT2D eigenvalue weighted by Gasteiger charge is -2.10. The van der Waals surface area contributed by atoms with Gasteiger partial charge >= 0.3 is 6.18 Å². The predicted molar refractivity (Wildman–Crippen MR) is 77.5 cm³/mol. The number of benzene rings is 1. The van der Waals surface area contributed by atoms with Crippen LogP contribution in [-0.2, 0) is 18.1 Å². The molecule has 2 rings (SSSR count). The Morgan fingerprint density at radius 1 is 1.33 bits per heavy atom. The molecule has 0 spiro atoms. The normalized spacial score (nSPS) is 11.7. The van der Waals surface area contributed by atoms with Gasteiger partial charge in [-0.25, -0.2) is 4.98 Å². The van der Waals surface area contributed by atoms with Gasteiger partial charge in [0.05, 0.1) is 12.7 Å². The highest BCUT2D eigenvalue weighted by Crippen LogP contribution is 2.35. The Labute approximate surface area is 128 Å². The van der Waals surface area contributed by atoms with Gasteiger partial charge in [-0.15, -0.1) is 0 Å². The van der Waals surface area contributed by atoms with E-state index in [0.29, 0.717) is 23.2 Å². The number of aromatic nitrogens is 2. The summed E-state index contributed by atoms with van der Waals surface area (Å²) in [6, 6.07) is 5.34. The van der Waals surface area contributed by atoms with Crippen LogP contribution in [0.5, 0.6) is 5.75 Å². The average molecular weight is 363 g/mol. The summed E-state index contributed by atoms with van der Waals surface area (Å²) >= 11 is 3.33. The topological polar surface area (TPSA) is 27.1 Å². The Morgan fingerprint density at radius 2 is 2.05 bits per heavy atom. The van der Waals surface area contributed by atoms with Crippen LogP contribution in [0.3, 0.4) is 0 Å². The first kappa shape index (κ1) is 15.9. The molecular formula is C14H14BrF3N2O. The molecule has 0 saturated heterocycles. The van der Waals surface area contributed by atoms with Crippen LogP contribution >= 0.6 is 15.9 Å². The zero-order chi connectivity index (χ0) is 15.6. The van der Waals surface area contributed by atoms with Crippen molar-refractivity contribution >= 4 is 15.9 Å². The fourth-order valence-corrected chi connectivity index (χ4v) is 2.36. The number of methoxy groups -OCH3 is 1. The van der Waals surface area contributed by atoms with Gasteiger partial charge in [0.25, 0.3) is 0 Å². The number of ether oxygens (including phenoxy) is 1. The van der Waals surface area contributed by atoms with Gasteiger partial charge in [0, 0.05) is 18.1 Å². The average Bonchev–Trinajstić information content (AvgIpc) is 2.90. The summed E-state index contributed by atoms with van der Waals surface area (Å²) in [7, 11) is 1.49. The highest BCUT2D eigenvalue weighted by molar-refractivity contribution is 9.08. The smallest absolute Gasteiger partial charge is 0.434 e. The molecule has 0 radical (unpaired) electrons. The molecule has 0 amide bonds. The van der Waals surface area contributed by atoms with Crippen LogP contribution in [0.15, 0.2) is 24.4 Å². The highest BCUT2D eigenvalue weighted by atomic mass is 79.9. The van der Waals surface area contributed by atoms with Gasteiger partial charge in [-0.05, 0) is 24.6 Å². The molecule has 1 aromatic heterocycles. The van der Waals surface area contributed by atoms with E-state index in [2.05, 4.69) is 20.9 Å². The van der Waals surface area contributed by atoms with E-state index >= 15 is 0 Å². The van der Waals surface area contributed by atoms with Gasteiger partial charge in [-0.3, -0.25) is 0 Å². The van der Waals surface area contributed by atoms with Gasteiger partial charge in [-0.1, -0.05) is 22.0 Å². The Balaban J connectivity index is 2.58. The molecule has 0 N–H and O–H groups in total. The largest absolute Gasteiger partial charge is 0.496 e. The maximum Gasteiger partial charge on any atom is 0.434 e. The fourth-order valence-electron chi connectivity index (χ4n) is 2.01. The molecule has 0 saturated carbocycles. The Bertz CT molecular complexity index is 638. The minimum atomic E-state index is -4.46. The molecule has 7 heteroatoms. The molecule has 0 aliphatic carbocycles. The van der Waals surface area contributed by atoms with Crippen molar-refractivity contribution in [1.29, 1.82) is 0 Å². The molecule has 1 aromatic carbocycles. The SMILES string of the molecule is CCn1cc(C(F)(F)F)nc1-c1ccc(CBr)cc1OC. The van der Waals surface area contributed by atoms with Crippen molar-refractivity contribution in [1.82, 2.24) is 9.55 Å². The van der Waals surface area contributed by atoms with E-state index in [9.17, 15) is 13.2 Å². The molecule has 0 bridgehead atoms. The molecule has 0 unspecified atom stereocenters. The molecule has 0 aliphatic heterocycles. The third-order valence-corrected chi connectivity index (χ3v) is 3.72. The van der Waals surface area contributed by atoms with Gasteiger partial charge in [0.2, 0.25) is 0 Å². The van der Waals surface area contributed by atoms with E-state index in [1.54, 1.807) is 19.1 Å². The molecule has 114 valence electrons. The molecule has 0 fully saturated rings. The van der Waals surface area contributed by atoms with Crippen molar-refractivity contribution in [3.8, 4) is 17.1 Å². The Hall–Kier alpha value is -1.50. The standard InChI is InChI=1S/C14H14BrF3N2O/c1-3-20-8-12(14(16,17)18)19-13(20)10-5-4-9(7-15)6-11(10)21-2/h4-6,8H,3,7H2,1-2H3. The van der Waals surface area contributed by atoms with E-state index in [1.807, 2.05) is 6.07 Å². The Kier molecular flexibility index (Phi) is 4.61. The quantitative estimate of drug-likeness (QED) is 0.749. The number of hydrogen-bond donors (Lipinski definition) is 0. The summed E-state index contributed by atoms with van der Waals surface area (Å²) in [6.07, 6.45) is -3.44. The van der Waals surface area contributed by atoms with Crippen LogP contribution in [0.4, 0.5) is 13.2 Å². The predicted octanol–water partition coefficient (Wildman–Crippen LogP) is 4.49. The number of halogens is 4. The van der Waals surface area contributed by atoms with E-state index < -0.39 is 11.9 Å². The first-order valence-electron chi connectivity index (χ1n) is 6.28. The maximum absolute atomic E-state index is 12.8. The lowest BCUT2D eigenvalue weighted by Crippen LogP contribution is -2.05. The highest BCUT2D eigenvalue weighted by Gasteiger charge is 2.35. The second kappa shape index (κ2) is 6.09. The van der Waals surface area contributed by atoms with Gasteiger partial charge < -0.3 is 9.30 Å². The summed E-state index contributed by atoms with van der Waals surface area (Å²) < 4.78 is 45.2. The second-order valence-electron chi connectivity index (χ2n) is 4.40. The van der Waals surface area contributed by atoms with Crippen LogP contribution in [0.2, 0.25) is 0 Å². The molecule has 3 nitrogen and oxygen atoms in total. The lowest BCUT2D eigenvalue weighted by molar-refractivity contribution is -0.140. The minimum absolute atomic E-state index is 0.253. The van der Waals surface area contributed by atoms with Crippen LogP contribution in [-0.4, -0.2) is 16.7 Å². The van der Waals surface area contributed by atoms with E-state index in [1.165, 1.54) is 11.7 Å². The van der Waals surface area contributed by atoms with Crippen molar-refractivity contribution in [2.75, 3.05) is 7.11 Å². The molecule has 0 aliphatic rings. The minimum Gasteiger partial charge on any atom is -0.496 e. The zero-order valence-electron chi connectivity index (χ0n) is 11.5. The number of hydrogen-bond acceptors (Lipinski definition) is 2. The van der Waals surface area contributed by atoms with Crippen LogP contribution in [0.25, 0.3) is 11.4 Å². The third-order valence-electron chi connectivity index (χ3n) is 3.07. The summed E-state index contributed by atoms with van der Waals surface area (Å²) in [5.74, 6) is 0.753. The zero-order valence-corrected chi connectivity index (χ0v) is 13.1. The summed E-state index contributed by atoms with van der Waals surface area (Å²) in [6.45, 7) is 2.16. The summed E-state index contributed by atoms with van der Waals surface area (Å²) in [4.78, 5) is 3.73. The second-order valence-corrected chi connectivity index (χ2v) is 4.96. The third kappa shape index (κ3) is 3.23. The van der Waals surface area contributed by atoms with Gasteiger partial charge in [0.15, 0.2) is 5.69 Å². The number of rotatable bonds is 4. The number of nitrogens with zero attached hydrogens (tertiary/aromatic N) is 2. The number of aryl methyl sites for hydroxylation is 1. The fraction of sp³-hybridized carbons (Fsp3) is 0.357. The molecule has 0 atom stereocenters. The molecule has 2 aromatic rings. The van der Waals surface area contributed by atoms with Crippen molar-refractivity contribution < 1.29 is 17.9 Å².